The van der Waals surface area contributed by atoms with E-state index in [4.69, 9.17) is 18.9 Å². The van der Waals surface area contributed by atoms with Crippen LogP contribution in [0.2, 0.25) is 0 Å². The van der Waals surface area contributed by atoms with Gasteiger partial charge in [0.15, 0.2) is 5.60 Å². The molecular weight excluding hydrogens is 276 g/mol. The molecule has 0 bridgehead atoms. The summed E-state index contributed by atoms with van der Waals surface area (Å²) in [7, 11) is 1.32. The monoisotopic (exact) mass is 290 g/mol. The van der Waals surface area contributed by atoms with Gasteiger partial charge in [0.1, 0.15) is 6.10 Å². The number of rotatable bonds is 1. The van der Waals surface area contributed by atoms with Crippen LogP contribution in [0.15, 0.2) is 35.6 Å². The lowest BCUT2D eigenvalue weighted by Gasteiger charge is -2.32. The van der Waals surface area contributed by atoms with E-state index in [1.807, 2.05) is 12.2 Å². The Balaban J connectivity index is 1.78. The summed E-state index contributed by atoms with van der Waals surface area (Å²) in [6.07, 6.45) is 5.77. The maximum absolute atomic E-state index is 12.0. The Bertz CT molecular complexity index is 630. The van der Waals surface area contributed by atoms with Crippen LogP contribution in [-0.4, -0.2) is 37.0 Å². The van der Waals surface area contributed by atoms with Crippen LogP contribution in [0.4, 0.5) is 0 Å². The predicted octanol–water partition coefficient (Wildman–Crippen LogP) is 0.842. The Morgan fingerprint density at radius 2 is 2.29 bits per heavy atom. The van der Waals surface area contributed by atoms with Crippen molar-refractivity contribution in [3.63, 3.8) is 0 Å². The largest absolute Gasteiger partial charge is 0.471 e. The molecule has 21 heavy (non-hydrogen) atoms. The van der Waals surface area contributed by atoms with Crippen molar-refractivity contribution in [2.24, 2.45) is 11.8 Å². The molecule has 3 heterocycles. The van der Waals surface area contributed by atoms with E-state index in [-0.39, 0.29) is 17.8 Å². The number of ether oxygens (including phenoxy) is 4. The number of methoxy groups -OCH3 is 1. The highest BCUT2D eigenvalue weighted by Gasteiger charge is 2.70. The van der Waals surface area contributed by atoms with Gasteiger partial charge in [-0.3, -0.25) is 0 Å². The highest BCUT2D eigenvalue weighted by molar-refractivity contribution is 5.94. The number of carbonyl (C=O) groups excluding carboxylic acids is 2. The van der Waals surface area contributed by atoms with Gasteiger partial charge in [-0.2, -0.15) is 0 Å². The van der Waals surface area contributed by atoms with Gasteiger partial charge in [0, 0.05) is 5.92 Å². The summed E-state index contributed by atoms with van der Waals surface area (Å²) in [6, 6.07) is 0. The van der Waals surface area contributed by atoms with Gasteiger partial charge in [-0.05, 0) is 13.0 Å². The fraction of sp³-hybridized carbons (Fsp3) is 0.467. The molecule has 110 valence electrons. The molecule has 0 radical (unpaired) electrons. The minimum Gasteiger partial charge on any atom is -0.471 e. The molecule has 2 saturated heterocycles. The van der Waals surface area contributed by atoms with Crippen molar-refractivity contribution >= 4 is 11.9 Å². The molecule has 0 N–H and O–H groups in total. The summed E-state index contributed by atoms with van der Waals surface area (Å²) in [5.74, 6) is -1.31. The second-order valence-electron chi connectivity index (χ2n) is 5.48. The van der Waals surface area contributed by atoms with Crippen LogP contribution in [0.3, 0.4) is 0 Å². The molecule has 4 aliphatic rings. The molecule has 1 aliphatic carbocycles. The van der Waals surface area contributed by atoms with E-state index in [9.17, 15) is 9.59 Å². The van der Waals surface area contributed by atoms with Gasteiger partial charge in [-0.25, -0.2) is 9.59 Å². The summed E-state index contributed by atoms with van der Waals surface area (Å²) >= 11 is 0. The van der Waals surface area contributed by atoms with Crippen molar-refractivity contribution in [1.29, 1.82) is 0 Å². The van der Waals surface area contributed by atoms with Gasteiger partial charge in [0.05, 0.1) is 30.4 Å². The van der Waals surface area contributed by atoms with E-state index in [1.54, 1.807) is 13.0 Å². The van der Waals surface area contributed by atoms with E-state index < -0.39 is 24.0 Å². The lowest BCUT2D eigenvalue weighted by Crippen LogP contribution is -2.43. The van der Waals surface area contributed by atoms with E-state index in [2.05, 4.69) is 0 Å². The molecule has 6 nitrogen and oxygen atoms in total. The average Bonchev–Trinajstić information content (AvgIpc) is 3.08. The normalized spacial score (nSPS) is 44.0. The summed E-state index contributed by atoms with van der Waals surface area (Å²) in [4.78, 5) is 23.8. The summed E-state index contributed by atoms with van der Waals surface area (Å²) in [6.45, 7) is 1.77. The van der Waals surface area contributed by atoms with Crippen LogP contribution in [-0.2, 0) is 28.5 Å². The quantitative estimate of drug-likeness (QED) is 0.405. The number of hydrogen-bond acceptors (Lipinski definition) is 6. The zero-order valence-electron chi connectivity index (χ0n) is 11.6. The van der Waals surface area contributed by atoms with Crippen molar-refractivity contribution in [3.05, 3.63) is 35.6 Å². The molecule has 1 spiro atoms. The minimum atomic E-state index is -0.873. The average molecular weight is 290 g/mol. The molecule has 0 unspecified atom stereocenters. The number of allylic oxidation sites excluding steroid dienone is 2. The number of carbonyl (C=O) groups is 2. The first-order valence-electron chi connectivity index (χ1n) is 6.80. The summed E-state index contributed by atoms with van der Waals surface area (Å²) < 4.78 is 21.8. The van der Waals surface area contributed by atoms with E-state index in [0.717, 1.165) is 0 Å². The highest BCUT2D eigenvalue weighted by Crippen LogP contribution is 2.57. The van der Waals surface area contributed by atoms with Crippen molar-refractivity contribution < 1.29 is 28.5 Å². The van der Waals surface area contributed by atoms with E-state index >= 15 is 0 Å². The molecule has 4 rings (SSSR count). The Morgan fingerprint density at radius 3 is 3.00 bits per heavy atom. The molecular formula is C15H14O6. The van der Waals surface area contributed by atoms with Crippen molar-refractivity contribution in [3.8, 4) is 0 Å². The van der Waals surface area contributed by atoms with Gasteiger partial charge in [0.2, 0.25) is 6.29 Å². The van der Waals surface area contributed by atoms with Gasteiger partial charge in [-0.1, -0.05) is 12.2 Å². The first kappa shape index (κ1) is 12.6. The topological polar surface area (TPSA) is 71.1 Å². The predicted molar refractivity (Wildman–Crippen MR) is 68.5 cm³/mol. The molecule has 0 aromatic heterocycles. The fourth-order valence-corrected chi connectivity index (χ4v) is 3.74. The number of hydrogen-bond donors (Lipinski definition) is 0. The first-order chi connectivity index (χ1) is 10.1. The number of esters is 2. The van der Waals surface area contributed by atoms with Gasteiger partial charge in [0.25, 0.3) is 0 Å². The van der Waals surface area contributed by atoms with Crippen LogP contribution in [0, 0.1) is 11.8 Å². The van der Waals surface area contributed by atoms with Gasteiger partial charge < -0.3 is 18.9 Å². The van der Waals surface area contributed by atoms with Crippen LogP contribution in [0.5, 0.6) is 0 Å². The third-order valence-electron chi connectivity index (χ3n) is 4.65. The van der Waals surface area contributed by atoms with E-state index in [0.29, 0.717) is 11.1 Å². The first-order valence-corrected chi connectivity index (χ1v) is 6.80. The molecule has 3 aliphatic heterocycles. The summed E-state index contributed by atoms with van der Waals surface area (Å²) in [5, 5.41) is 0. The smallest absolute Gasteiger partial charge is 0.337 e. The van der Waals surface area contributed by atoms with Gasteiger partial charge in [-0.15, -0.1) is 0 Å². The zero-order chi connectivity index (χ0) is 14.8. The SMILES string of the molecule is C/C=C1\C(=O)O[C@]23C=C[C@@H]4C(C(=O)OC)=CO[C@H](O[C@@H]12)[C@@H]43. The fourth-order valence-electron chi connectivity index (χ4n) is 3.74. The third kappa shape index (κ3) is 1.35. The van der Waals surface area contributed by atoms with Crippen molar-refractivity contribution in [2.45, 2.75) is 24.9 Å². The Labute approximate surface area is 121 Å². The lowest BCUT2D eigenvalue weighted by molar-refractivity contribution is -0.152. The molecule has 0 aromatic rings. The second kappa shape index (κ2) is 3.98. The minimum absolute atomic E-state index is 0.231. The molecule has 5 atom stereocenters. The van der Waals surface area contributed by atoms with Crippen molar-refractivity contribution in [1.82, 2.24) is 0 Å². The van der Waals surface area contributed by atoms with E-state index in [1.165, 1.54) is 13.4 Å². The molecule has 0 amide bonds. The lowest BCUT2D eigenvalue weighted by atomic mass is 9.78. The molecule has 2 fully saturated rings. The van der Waals surface area contributed by atoms with Crippen LogP contribution in [0.1, 0.15) is 6.92 Å². The van der Waals surface area contributed by atoms with Crippen LogP contribution < -0.4 is 0 Å². The Hall–Kier alpha value is -2.08. The highest BCUT2D eigenvalue weighted by atomic mass is 16.7. The molecule has 6 heteroatoms. The molecule has 0 saturated carbocycles. The Morgan fingerprint density at radius 1 is 1.48 bits per heavy atom. The van der Waals surface area contributed by atoms with Crippen molar-refractivity contribution in [2.75, 3.05) is 7.11 Å². The summed E-state index contributed by atoms with van der Waals surface area (Å²) in [5.41, 5.74) is 0.0425. The van der Waals surface area contributed by atoms with Crippen LogP contribution >= 0.6 is 0 Å². The standard InChI is InChI=1S/C15H14O6/c1-3-7-11-15(21-13(7)17)5-4-8-9(12(16)18-2)6-19-14(20-11)10(8)15/h3-6,8,10-11,14H,1-2H3/b7-3-/t8-,10-,11+,14-,15+/m1/s1. The van der Waals surface area contributed by atoms with Gasteiger partial charge >= 0.3 is 11.9 Å². The molecule has 0 aromatic carbocycles. The maximum Gasteiger partial charge on any atom is 0.337 e. The van der Waals surface area contributed by atoms with Crippen LogP contribution in [0.25, 0.3) is 0 Å². The third-order valence-corrected chi connectivity index (χ3v) is 4.65. The maximum atomic E-state index is 12.0. The zero-order valence-corrected chi connectivity index (χ0v) is 11.6. The Kier molecular flexibility index (Phi) is 2.39. The second-order valence-corrected chi connectivity index (χ2v) is 5.48.